The van der Waals surface area contributed by atoms with Gasteiger partial charge in [0, 0.05) is 6.08 Å². The molecule has 14 heavy (non-hydrogen) atoms. The molecule has 1 aromatic carbocycles. The summed E-state index contributed by atoms with van der Waals surface area (Å²) in [6.45, 7) is 0. The van der Waals surface area contributed by atoms with Crippen molar-refractivity contribution in [2.45, 2.75) is 0 Å². The molecule has 4 nitrogen and oxygen atoms in total. The first-order valence-electron chi connectivity index (χ1n) is 3.91. The Morgan fingerprint density at radius 3 is 2.50 bits per heavy atom. The van der Waals surface area contributed by atoms with Gasteiger partial charge < -0.3 is 10.8 Å². The number of amides is 1. The van der Waals surface area contributed by atoms with Crippen molar-refractivity contribution < 1.29 is 14.7 Å². The Balaban J connectivity index is 3.07. The maximum atomic E-state index is 10.7. The molecule has 1 aromatic rings. The number of nitrogens with two attached hydrogens (primary N) is 1. The van der Waals surface area contributed by atoms with E-state index < -0.39 is 11.9 Å². The van der Waals surface area contributed by atoms with Crippen molar-refractivity contribution in [1.82, 2.24) is 0 Å². The molecule has 0 bridgehead atoms. The number of rotatable bonds is 3. The number of hydrogen-bond acceptors (Lipinski definition) is 2. The van der Waals surface area contributed by atoms with Gasteiger partial charge in [-0.2, -0.15) is 0 Å². The Kier molecular flexibility index (Phi) is 3.01. The van der Waals surface area contributed by atoms with Crippen LogP contribution in [0.4, 0.5) is 0 Å². The van der Waals surface area contributed by atoms with E-state index in [1.54, 1.807) is 18.2 Å². The fourth-order valence-corrected chi connectivity index (χ4v) is 1.01. The Morgan fingerprint density at radius 2 is 1.93 bits per heavy atom. The van der Waals surface area contributed by atoms with Crippen LogP contribution in [0.2, 0.25) is 0 Å². The van der Waals surface area contributed by atoms with Crippen molar-refractivity contribution in [2.75, 3.05) is 0 Å². The first-order chi connectivity index (χ1) is 6.61. The van der Waals surface area contributed by atoms with E-state index in [1.165, 1.54) is 12.1 Å². The Morgan fingerprint density at radius 1 is 1.29 bits per heavy atom. The van der Waals surface area contributed by atoms with Crippen molar-refractivity contribution in [3.8, 4) is 0 Å². The third-order valence-corrected chi connectivity index (χ3v) is 1.62. The normalized spacial score (nSPS) is 10.3. The number of carbonyl (C=O) groups is 2. The van der Waals surface area contributed by atoms with Crippen LogP contribution in [0.15, 0.2) is 30.3 Å². The van der Waals surface area contributed by atoms with E-state index in [2.05, 4.69) is 0 Å². The molecule has 0 radical (unpaired) electrons. The summed E-state index contributed by atoms with van der Waals surface area (Å²) in [6.07, 6.45) is 2.51. The summed E-state index contributed by atoms with van der Waals surface area (Å²) in [5.74, 6) is -1.64. The molecule has 0 fully saturated rings. The lowest BCUT2D eigenvalue weighted by atomic mass is 10.1. The first kappa shape index (κ1) is 9.98. The molecule has 0 aliphatic carbocycles. The largest absolute Gasteiger partial charge is 0.478 e. The SMILES string of the molecule is NC(=O)C=Cc1ccccc1C(=O)O. The zero-order valence-electron chi connectivity index (χ0n) is 7.31. The summed E-state index contributed by atoms with van der Waals surface area (Å²) in [4.78, 5) is 21.2. The zero-order chi connectivity index (χ0) is 10.6. The predicted molar refractivity (Wildman–Crippen MR) is 51.6 cm³/mol. The van der Waals surface area contributed by atoms with Crippen molar-refractivity contribution in [3.63, 3.8) is 0 Å². The molecule has 0 saturated heterocycles. The molecule has 0 heterocycles. The van der Waals surface area contributed by atoms with E-state index in [4.69, 9.17) is 10.8 Å². The molecule has 4 heteroatoms. The summed E-state index contributed by atoms with van der Waals surface area (Å²) in [7, 11) is 0. The molecule has 0 aliphatic rings. The van der Waals surface area contributed by atoms with E-state index in [9.17, 15) is 9.59 Å². The van der Waals surface area contributed by atoms with Gasteiger partial charge in [-0.15, -0.1) is 0 Å². The van der Waals surface area contributed by atoms with Crippen LogP contribution in [0.3, 0.4) is 0 Å². The molecule has 0 aromatic heterocycles. The van der Waals surface area contributed by atoms with Crippen molar-refractivity contribution in [3.05, 3.63) is 41.5 Å². The van der Waals surface area contributed by atoms with Gasteiger partial charge in [0.15, 0.2) is 0 Å². The maximum Gasteiger partial charge on any atom is 0.336 e. The molecule has 0 saturated carbocycles. The smallest absolute Gasteiger partial charge is 0.336 e. The number of aromatic carboxylic acids is 1. The second kappa shape index (κ2) is 4.23. The lowest BCUT2D eigenvalue weighted by molar-refractivity contribution is -0.113. The summed E-state index contributed by atoms with van der Waals surface area (Å²) in [5.41, 5.74) is 5.49. The van der Waals surface area contributed by atoms with Crippen LogP contribution >= 0.6 is 0 Å². The van der Waals surface area contributed by atoms with Gasteiger partial charge in [-0.3, -0.25) is 4.79 Å². The van der Waals surface area contributed by atoms with Crippen LogP contribution in [0, 0.1) is 0 Å². The maximum absolute atomic E-state index is 10.7. The number of benzene rings is 1. The number of primary amides is 1. The predicted octanol–water partition coefficient (Wildman–Crippen LogP) is 0.883. The Hall–Kier alpha value is -2.10. The number of carbonyl (C=O) groups excluding carboxylic acids is 1. The average molecular weight is 191 g/mol. The highest BCUT2D eigenvalue weighted by Gasteiger charge is 2.05. The number of hydrogen-bond donors (Lipinski definition) is 2. The zero-order valence-corrected chi connectivity index (χ0v) is 7.31. The highest BCUT2D eigenvalue weighted by Crippen LogP contribution is 2.10. The summed E-state index contributed by atoms with van der Waals surface area (Å²) in [6, 6.07) is 6.37. The minimum absolute atomic E-state index is 0.144. The third kappa shape index (κ3) is 2.45. The van der Waals surface area contributed by atoms with E-state index >= 15 is 0 Å². The van der Waals surface area contributed by atoms with Gasteiger partial charge in [0.05, 0.1) is 5.56 Å². The van der Waals surface area contributed by atoms with Gasteiger partial charge in [0.1, 0.15) is 0 Å². The van der Waals surface area contributed by atoms with Gasteiger partial charge in [0.25, 0.3) is 0 Å². The molecule has 3 N–H and O–H groups in total. The van der Waals surface area contributed by atoms with Crippen molar-refractivity contribution >= 4 is 18.0 Å². The molecule has 1 amide bonds. The summed E-state index contributed by atoms with van der Waals surface area (Å²) in [5, 5.41) is 8.78. The highest BCUT2D eigenvalue weighted by atomic mass is 16.4. The van der Waals surface area contributed by atoms with Crippen LogP contribution in [0.1, 0.15) is 15.9 Å². The van der Waals surface area contributed by atoms with Gasteiger partial charge in [-0.25, -0.2) is 4.79 Å². The van der Waals surface area contributed by atoms with Crippen molar-refractivity contribution in [2.24, 2.45) is 5.73 Å². The van der Waals surface area contributed by atoms with E-state index in [0.717, 1.165) is 6.08 Å². The van der Waals surface area contributed by atoms with Gasteiger partial charge in [-0.05, 0) is 17.7 Å². The minimum Gasteiger partial charge on any atom is -0.478 e. The van der Waals surface area contributed by atoms with Gasteiger partial charge in [-0.1, -0.05) is 18.2 Å². The number of carboxylic acid groups (broad SMARTS) is 1. The topological polar surface area (TPSA) is 80.4 Å². The molecule has 0 unspecified atom stereocenters. The Labute approximate surface area is 80.7 Å². The van der Waals surface area contributed by atoms with Crippen molar-refractivity contribution in [1.29, 1.82) is 0 Å². The summed E-state index contributed by atoms with van der Waals surface area (Å²) >= 11 is 0. The third-order valence-electron chi connectivity index (χ3n) is 1.62. The lowest BCUT2D eigenvalue weighted by Gasteiger charge is -1.98. The minimum atomic E-state index is -1.03. The molecule has 1 rings (SSSR count). The molecule has 0 spiro atoms. The second-order valence-corrected chi connectivity index (χ2v) is 2.63. The van der Waals surface area contributed by atoms with E-state index in [0.29, 0.717) is 5.56 Å². The highest BCUT2D eigenvalue weighted by molar-refractivity contribution is 5.95. The van der Waals surface area contributed by atoms with Crippen LogP contribution in [-0.4, -0.2) is 17.0 Å². The van der Waals surface area contributed by atoms with Gasteiger partial charge >= 0.3 is 5.97 Å². The Bertz CT molecular complexity index is 396. The second-order valence-electron chi connectivity index (χ2n) is 2.63. The average Bonchev–Trinajstić information content (AvgIpc) is 2.15. The quantitative estimate of drug-likeness (QED) is 0.696. The fraction of sp³-hybridized carbons (Fsp3) is 0. The molecule has 72 valence electrons. The lowest BCUT2D eigenvalue weighted by Crippen LogP contribution is -2.05. The molecular formula is C10H9NO3. The molecule has 0 atom stereocenters. The standard InChI is InChI=1S/C10H9NO3/c11-9(12)6-5-7-3-1-2-4-8(7)10(13)14/h1-6H,(H2,11,12)(H,13,14). The monoisotopic (exact) mass is 191 g/mol. The van der Waals surface area contributed by atoms with Crippen LogP contribution in [0.25, 0.3) is 6.08 Å². The first-order valence-corrected chi connectivity index (χ1v) is 3.91. The fourth-order valence-electron chi connectivity index (χ4n) is 1.01. The summed E-state index contributed by atoms with van der Waals surface area (Å²) < 4.78 is 0. The number of carboxylic acids is 1. The molecular weight excluding hydrogens is 182 g/mol. The van der Waals surface area contributed by atoms with Crippen LogP contribution < -0.4 is 5.73 Å². The van der Waals surface area contributed by atoms with Crippen LogP contribution in [0.5, 0.6) is 0 Å². The van der Waals surface area contributed by atoms with E-state index in [-0.39, 0.29) is 5.56 Å². The molecule has 0 aliphatic heterocycles. The van der Waals surface area contributed by atoms with Crippen LogP contribution in [-0.2, 0) is 4.79 Å². The van der Waals surface area contributed by atoms with Gasteiger partial charge in [0.2, 0.25) is 5.91 Å². The van der Waals surface area contributed by atoms with E-state index in [1.807, 2.05) is 0 Å².